The van der Waals surface area contributed by atoms with Gasteiger partial charge in [-0.25, -0.2) is 9.78 Å². The summed E-state index contributed by atoms with van der Waals surface area (Å²) in [5, 5.41) is 10.5. The fraction of sp³-hybridized carbons (Fsp3) is 0.417. The maximum Gasteiger partial charge on any atom is 0.415 e. The molecule has 0 radical (unpaired) electrons. The molecule has 2 amide bonds. The summed E-state index contributed by atoms with van der Waals surface area (Å²) in [4.78, 5) is 31.9. The quantitative estimate of drug-likeness (QED) is 0.570. The van der Waals surface area contributed by atoms with Crippen LogP contribution >= 0.6 is 0 Å². The van der Waals surface area contributed by atoms with Gasteiger partial charge in [-0.1, -0.05) is 6.07 Å². The summed E-state index contributed by atoms with van der Waals surface area (Å²) < 4.78 is 18.3. The van der Waals surface area contributed by atoms with Crippen molar-refractivity contribution in [2.45, 2.75) is 45.9 Å². The van der Waals surface area contributed by atoms with E-state index in [2.05, 4.69) is 20.7 Å². The molecular formula is C24H30N6O5. The van der Waals surface area contributed by atoms with Gasteiger partial charge in [-0.2, -0.15) is 9.61 Å². The van der Waals surface area contributed by atoms with Crippen LogP contribution in [0.1, 0.15) is 43.6 Å². The molecule has 1 aromatic carbocycles. The van der Waals surface area contributed by atoms with Crippen molar-refractivity contribution in [3.05, 3.63) is 41.6 Å². The number of benzene rings is 1. The van der Waals surface area contributed by atoms with Crippen molar-refractivity contribution in [3.8, 4) is 5.75 Å². The number of ether oxygens (including phenoxy) is 3. The first-order valence-electron chi connectivity index (χ1n) is 11.2. The molecule has 4 rings (SSSR count). The van der Waals surface area contributed by atoms with Crippen LogP contribution in [0.5, 0.6) is 5.75 Å². The lowest BCUT2D eigenvalue weighted by molar-refractivity contribution is 0.0587. The van der Waals surface area contributed by atoms with Crippen molar-refractivity contribution in [3.63, 3.8) is 0 Å². The summed E-state index contributed by atoms with van der Waals surface area (Å²) in [6.45, 7) is 7.91. The number of anilines is 3. The molecule has 0 spiro atoms. The fourth-order valence-corrected chi connectivity index (χ4v) is 3.61. The van der Waals surface area contributed by atoms with Crippen LogP contribution in [0, 0.1) is 0 Å². The molecule has 3 heterocycles. The zero-order valence-corrected chi connectivity index (χ0v) is 20.7. The molecule has 1 aliphatic heterocycles. The molecular weight excluding hydrogens is 452 g/mol. The molecule has 2 aromatic heterocycles. The Morgan fingerprint density at radius 3 is 2.77 bits per heavy atom. The highest BCUT2D eigenvalue weighted by atomic mass is 16.6. The number of rotatable bonds is 2. The first-order valence-corrected chi connectivity index (χ1v) is 11.2. The highest BCUT2D eigenvalue weighted by Gasteiger charge is 2.26. The monoisotopic (exact) mass is 482 g/mol. The standard InChI is InChI=1S/C24H30N6O5/c1-14-12-34-13-15-7-8-18(33-6)17(9-15)27-19-10-20(29(5)23(32)35-24(2,3)4)30-21(28-19)16(11-25-30)22(31)26-14/h7-11,14H,12-13H2,1-6H3,(H,26,31)(H,27,28). The van der Waals surface area contributed by atoms with E-state index in [-0.39, 0.29) is 23.2 Å². The molecule has 35 heavy (non-hydrogen) atoms. The van der Waals surface area contributed by atoms with Crippen molar-refractivity contribution in [1.29, 1.82) is 0 Å². The summed E-state index contributed by atoms with van der Waals surface area (Å²) >= 11 is 0. The van der Waals surface area contributed by atoms with Gasteiger partial charge in [0, 0.05) is 19.2 Å². The van der Waals surface area contributed by atoms with Gasteiger partial charge < -0.3 is 24.8 Å². The van der Waals surface area contributed by atoms with Gasteiger partial charge in [0.2, 0.25) is 0 Å². The maximum absolute atomic E-state index is 13.0. The van der Waals surface area contributed by atoms with Crippen LogP contribution in [-0.2, 0) is 16.1 Å². The minimum atomic E-state index is -0.687. The smallest absolute Gasteiger partial charge is 0.415 e. The van der Waals surface area contributed by atoms with Gasteiger partial charge in [0.05, 0.1) is 32.2 Å². The number of carbonyl (C=O) groups excluding carboxylic acids is 2. The number of carbonyl (C=O) groups is 2. The number of methoxy groups -OCH3 is 1. The van der Waals surface area contributed by atoms with E-state index in [9.17, 15) is 9.59 Å². The average Bonchev–Trinajstić information content (AvgIpc) is 3.20. The lowest BCUT2D eigenvalue weighted by atomic mass is 10.2. The second-order valence-corrected chi connectivity index (χ2v) is 9.38. The molecule has 1 atom stereocenters. The number of nitrogens with one attached hydrogen (secondary N) is 2. The molecule has 186 valence electrons. The van der Waals surface area contributed by atoms with Crippen LogP contribution < -0.4 is 20.3 Å². The fourth-order valence-electron chi connectivity index (χ4n) is 3.61. The minimum Gasteiger partial charge on any atom is -0.495 e. The summed E-state index contributed by atoms with van der Waals surface area (Å²) in [5.74, 6) is 1.01. The van der Waals surface area contributed by atoms with Crippen LogP contribution in [-0.4, -0.2) is 59.0 Å². The number of hydrogen-bond acceptors (Lipinski definition) is 8. The molecule has 0 saturated heterocycles. The lowest BCUT2D eigenvalue weighted by Crippen LogP contribution is -2.36. The van der Waals surface area contributed by atoms with E-state index in [1.54, 1.807) is 41.0 Å². The molecule has 2 N–H and O–H groups in total. The normalized spacial score (nSPS) is 16.3. The molecule has 1 unspecified atom stereocenters. The number of nitrogens with zero attached hydrogens (tertiary/aromatic N) is 4. The maximum atomic E-state index is 13.0. The Morgan fingerprint density at radius 1 is 1.29 bits per heavy atom. The Labute approximate surface area is 203 Å². The van der Waals surface area contributed by atoms with Crippen molar-refractivity contribution in [2.24, 2.45) is 0 Å². The molecule has 0 fully saturated rings. The van der Waals surface area contributed by atoms with Gasteiger partial charge in [-0.05, 0) is 45.4 Å². The zero-order valence-electron chi connectivity index (χ0n) is 20.7. The Kier molecular flexibility index (Phi) is 6.53. The van der Waals surface area contributed by atoms with Crippen LogP contribution in [0.3, 0.4) is 0 Å². The lowest BCUT2D eigenvalue weighted by Gasteiger charge is -2.25. The van der Waals surface area contributed by atoms with Gasteiger partial charge >= 0.3 is 6.09 Å². The second-order valence-electron chi connectivity index (χ2n) is 9.38. The second kappa shape index (κ2) is 9.41. The number of amides is 2. The van der Waals surface area contributed by atoms with E-state index in [0.717, 1.165) is 5.56 Å². The molecule has 11 heteroatoms. The van der Waals surface area contributed by atoms with Crippen molar-refractivity contribution in [2.75, 3.05) is 31.0 Å². The Balaban J connectivity index is 1.87. The number of fused-ring (bicyclic) bond motifs is 3. The molecule has 11 nitrogen and oxygen atoms in total. The Bertz CT molecular complexity index is 1270. The summed E-state index contributed by atoms with van der Waals surface area (Å²) in [7, 11) is 3.15. The van der Waals surface area contributed by atoms with Crippen molar-refractivity contribution < 1.29 is 23.8 Å². The third-order valence-electron chi connectivity index (χ3n) is 5.25. The van der Waals surface area contributed by atoms with Gasteiger partial charge in [0.1, 0.15) is 28.5 Å². The van der Waals surface area contributed by atoms with E-state index in [1.165, 1.54) is 15.6 Å². The predicted octanol–water partition coefficient (Wildman–Crippen LogP) is 3.50. The van der Waals surface area contributed by atoms with Gasteiger partial charge in [0.25, 0.3) is 5.91 Å². The predicted molar refractivity (Wildman–Crippen MR) is 130 cm³/mol. The molecule has 4 bridgehead atoms. The zero-order chi connectivity index (χ0) is 25.3. The van der Waals surface area contributed by atoms with E-state index >= 15 is 0 Å². The van der Waals surface area contributed by atoms with Crippen LogP contribution in [0.15, 0.2) is 30.5 Å². The number of aromatic nitrogens is 3. The first kappa shape index (κ1) is 24.3. The molecule has 1 aliphatic rings. The highest BCUT2D eigenvalue weighted by Crippen LogP contribution is 2.31. The third kappa shape index (κ3) is 5.29. The van der Waals surface area contributed by atoms with Crippen LogP contribution in [0.2, 0.25) is 0 Å². The Hall–Kier alpha value is -3.86. The molecule has 3 aromatic rings. The van der Waals surface area contributed by atoms with Gasteiger partial charge in [-0.3, -0.25) is 9.69 Å². The van der Waals surface area contributed by atoms with E-state index in [4.69, 9.17) is 14.2 Å². The summed E-state index contributed by atoms with van der Waals surface area (Å²) in [5.41, 5.74) is 1.43. The van der Waals surface area contributed by atoms with Crippen molar-refractivity contribution >= 4 is 35.0 Å². The van der Waals surface area contributed by atoms with E-state index in [0.29, 0.717) is 36.3 Å². The van der Waals surface area contributed by atoms with E-state index in [1.807, 2.05) is 25.1 Å². The summed E-state index contributed by atoms with van der Waals surface area (Å²) in [6, 6.07) is 7.07. The highest BCUT2D eigenvalue weighted by molar-refractivity contribution is 6.00. The molecule has 0 saturated carbocycles. The first-order chi connectivity index (χ1) is 16.6. The third-order valence-corrected chi connectivity index (χ3v) is 5.25. The van der Waals surface area contributed by atoms with Gasteiger partial charge in [-0.15, -0.1) is 0 Å². The van der Waals surface area contributed by atoms with Crippen molar-refractivity contribution in [1.82, 2.24) is 19.9 Å². The minimum absolute atomic E-state index is 0.247. The number of hydrogen-bond donors (Lipinski definition) is 2. The topological polar surface area (TPSA) is 119 Å². The summed E-state index contributed by atoms with van der Waals surface area (Å²) in [6.07, 6.45) is 0.853. The largest absolute Gasteiger partial charge is 0.495 e. The Morgan fingerprint density at radius 2 is 2.06 bits per heavy atom. The van der Waals surface area contributed by atoms with Gasteiger partial charge in [0.15, 0.2) is 5.65 Å². The van der Waals surface area contributed by atoms with Crippen LogP contribution in [0.4, 0.5) is 22.1 Å². The van der Waals surface area contributed by atoms with Crippen LogP contribution in [0.25, 0.3) is 5.65 Å². The molecule has 0 aliphatic carbocycles. The van der Waals surface area contributed by atoms with E-state index < -0.39 is 11.7 Å². The average molecular weight is 483 g/mol. The SMILES string of the molecule is COc1ccc2cc1Nc1cc(N(C)C(=O)OC(C)(C)C)n3ncc(c3n1)C(=O)NC(C)COC2.